The predicted octanol–water partition coefficient (Wildman–Crippen LogP) is 5.27. The largest absolute Gasteiger partial charge is 0.354 e. The van der Waals surface area contributed by atoms with Gasteiger partial charge in [0.15, 0.2) is 0 Å². The molecule has 202 valence electrons. The molecule has 1 atom stereocenters. The van der Waals surface area contributed by atoms with Gasteiger partial charge in [0.2, 0.25) is 11.8 Å². The van der Waals surface area contributed by atoms with Crippen LogP contribution in [-0.2, 0) is 26.2 Å². The molecule has 0 bridgehead atoms. The lowest BCUT2D eigenvalue weighted by Gasteiger charge is -2.32. The molecule has 0 heterocycles. The highest BCUT2D eigenvalue weighted by Crippen LogP contribution is 2.26. The van der Waals surface area contributed by atoms with Crippen LogP contribution in [0.2, 0.25) is 10.0 Å². The molecule has 0 aliphatic rings. The van der Waals surface area contributed by atoms with E-state index >= 15 is 0 Å². The first kappa shape index (κ1) is 29.4. The topological polar surface area (TPSA) is 86.8 Å². The van der Waals surface area contributed by atoms with Gasteiger partial charge in [0, 0.05) is 23.1 Å². The minimum Gasteiger partial charge on any atom is -0.354 e. The molecule has 0 aliphatic heterocycles. The quantitative estimate of drug-likeness (QED) is 0.335. The molecule has 0 saturated carbocycles. The monoisotopic (exact) mass is 579 g/mol. The third-order valence-electron chi connectivity index (χ3n) is 5.80. The van der Waals surface area contributed by atoms with Crippen molar-refractivity contribution in [3.05, 3.63) is 94.2 Å². The second kappa shape index (κ2) is 13.1. The Kier molecular flexibility index (Phi) is 10.1. The van der Waals surface area contributed by atoms with E-state index in [0.717, 1.165) is 28.6 Å². The maximum absolute atomic E-state index is 13.8. The van der Waals surface area contributed by atoms with Crippen LogP contribution < -0.4 is 9.62 Å². The minimum absolute atomic E-state index is 0.0607. The lowest BCUT2D eigenvalue weighted by Crippen LogP contribution is -2.51. The summed E-state index contributed by atoms with van der Waals surface area (Å²) in [6.45, 7) is 3.21. The molecule has 3 aromatic rings. The number of nitrogens with zero attached hydrogens (tertiary/aromatic N) is 2. The van der Waals surface area contributed by atoms with Crippen molar-refractivity contribution in [2.24, 2.45) is 0 Å². The van der Waals surface area contributed by atoms with E-state index in [-0.39, 0.29) is 17.1 Å². The molecule has 1 N–H and O–H groups in total. The highest BCUT2D eigenvalue weighted by atomic mass is 35.5. The summed E-state index contributed by atoms with van der Waals surface area (Å²) in [5, 5.41) is 3.48. The van der Waals surface area contributed by atoms with Gasteiger partial charge in [-0.2, -0.15) is 0 Å². The van der Waals surface area contributed by atoms with E-state index in [9.17, 15) is 22.4 Å². The van der Waals surface area contributed by atoms with Gasteiger partial charge in [-0.15, -0.1) is 0 Å². The van der Waals surface area contributed by atoms with E-state index in [1.807, 2.05) is 6.92 Å². The molecule has 7 nitrogen and oxygen atoms in total. The third kappa shape index (κ3) is 7.24. The smallest absolute Gasteiger partial charge is 0.264 e. The Morgan fingerprint density at radius 1 is 1.00 bits per heavy atom. The van der Waals surface area contributed by atoms with Crippen molar-refractivity contribution in [1.29, 1.82) is 0 Å². The number of sulfonamides is 1. The molecule has 0 fully saturated rings. The Hall–Kier alpha value is -3.14. The fourth-order valence-corrected chi connectivity index (χ4v) is 5.55. The number of nitrogens with one attached hydrogen (secondary N) is 1. The molecule has 0 radical (unpaired) electrons. The summed E-state index contributed by atoms with van der Waals surface area (Å²) in [6.07, 6.45) is 0.702. The SMILES string of the molecule is CCCNC(=O)[C@@H](C)N(Cc1ccc(Cl)cc1Cl)C(=O)CN(c1ccccc1)S(=O)(=O)c1ccc(F)cc1. The van der Waals surface area contributed by atoms with Crippen molar-refractivity contribution in [3.8, 4) is 0 Å². The van der Waals surface area contributed by atoms with E-state index < -0.39 is 40.2 Å². The summed E-state index contributed by atoms with van der Waals surface area (Å²) in [7, 11) is -4.27. The second-order valence-corrected chi connectivity index (χ2v) is 11.2. The average molecular weight is 581 g/mol. The molecule has 0 spiro atoms. The number of carbonyl (C=O) groups is 2. The van der Waals surface area contributed by atoms with Crippen LogP contribution >= 0.6 is 23.2 Å². The van der Waals surface area contributed by atoms with Crippen molar-refractivity contribution >= 4 is 50.7 Å². The van der Waals surface area contributed by atoms with Crippen LogP contribution in [0.1, 0.15) is 25.8 Å². The van der Waals surface area contributed by atoms with Crippen LogP contribution in [0, 0.1) is 5.82 Å². The average Bonchev–Trinajstić information content (AvgIpc) is 2.90. The first-order valence-corrected chi connectivity index (χ1v) is 14.1. The number of hydrogen-bond donors (Lipinski definition) is 1. The maximum Gasteiger partial charge on any atom is 0.264 e. The van der Waals surface area contributed by atoms with Gasteiger partial charge in [0.1, 0.15) is 18.4 Å². The fourth-order valence-electron chi connectivity index (χ4n) is 3.67. The Bertz CT molecular complexity index is 1370. The minimum atomic E-state index is -4.27. The number of hydrogen-bond acceptors (Lipinski definition) is 4. The van der Waals surface area contributed by atoms with Gasteiger partial charge in [-0.05, 0) is 67.4 Å². The first-order chi connectivity index (χ1) is 18.0. The number of benzene rings is 3. The zero-order valence-corrected chi connectivity index (χ0v) is 23.2. The van der Waals surface area contributed by atoms with E-state index in [1.165, 1.54) is 11.0 Å². The molecule has 0 unspecified atom stereocenters. The van der Waals surface area contributed by atoms with Gasteiger partial charge >= 0.3 is 0 Å². The Morgan fingerprint density at radius 2 is 1.66 bits per heavy atom. The molecule has 0 aliphatic carbocycles. The number of anilines is 1. The van der Waals surface area contributed by atoms with Crippen LogP contribution in [-0.4, -0.2) is 44.3 Å². The molecular formula is C27H28Cl2FN3O4S. The molecule has 38 heavy (non-hydrogen) atoms. The van der Waals surface area contributed by atoms with E-state index in [1.54, 1.807) is 49.4 Å². The summed E-state index contributed by atoms with van der Waals surface area (Å²) in [4.78, 5) is 27.7. The van der Waals surface area contributed by atoms with Crippen molar-refractivity contribution in [3.63, 3.8) is 0 Å². The second-order valence-electron chi connectivity index (χ2n) is 8.53. The summed E-state index contributed by atoms with van der Waals surface area (Å²) in [5.41, 5.74) is 0.768. The van der Waals surface area contributed by atoms with Crippen LogP contribution in [0.25, 0.3) is 0 Å². The number of rotatable bonds is 11. The zero-order chi connectivity index (χ0) is 27.9. The highest BCUT2D eigenvalue weighted by Gasteiger charge is 2.32. The van der Waals surface area contributed by atoms with Crippen LogP contribution in [0.3, 0.4) is 0 Å². The van der Waals surface area contributed by atoms with E-state index in [0.29, 0.717) is 28.6 Å². The van der Waals surface area contributed by atoms with Gasteiger partial charge in [0.25, 0.3) is 10.0 Å². The van der Waals surface area contributed by atoms with E-state index in [4.69, 9.17) is 23.2 Å². The molecular weight excluding hydrogens is 552 g/mol. The number of para-hydroxylation sites is 1. The Labute approximate surface area is 232 Å². The van der Waals surface area contributed by atoms with Crippen molar-refractivity contribution < 1.29 is 22.4 Å². The lowest BCUT2D eigenvalue weighted by atomic mass is 10.1. The van der Waals surface area contributed by atoms with Gasteiger partial charge in [0.05, 0.1) is 10.6 Å². The molecule has 11 heteroatoms. The highest BCUT2D eigenvalue weighted by molar-refractivity contribution is 7.92. The summed E-state index contributed by atoms with van der Waals surface area (Å²) in [5.74, 6) is -1.62. The van der Waals surface area contributed by atoms with Gasteiger partial charge in [-0.3, -0.25) is 13.9 Å². The lowest BCUT2D eigenvalue weighted by molar-refractivity contribution is -0.139. The molecule has 0 saturated heterocycles. The van der Waals surface area contributed by atoms with Crippen LogP contribution in [0.5, 0.6) is 0 Å². The predicted molar refractivity (Wildman–Crippen MR) is 147 cm³/mol. The number of amides is 2. The maximum atomic E-state index is 13.8. The van der Waals surface area contributed by atoms with Crippen LogP contribution in [0.4, 0.5) is 10.1 Å². The summed E-state index contributed by atoms with van der Waals surface area (Å²) >= 11 is 12.4. The molecule has 3 aromatic carbocycles. The van der Waals surface area contributed by atoms with Gasteiger partial charge in [-0.25, -0.2) is 12.8 Å². The van der Waals surface area contributed by atoms with Crippen LogP contribution in [0.15, 0.2) is 77.7 Å². The molecule has 3 rings (SSSR count). The zero-order valence-electron chi connectivity index (χ0n) is 20.9. The Morgan fingerprint density at radius 3 is 2.26 bits per heavy atom. The molecule has 2 amide bonds. The number of carbonyl (C=O) groups excluding carboxylic acids is 2. The number of halogens is 3. The summed E-state index contributed by atoms with van der Waals surface area (Å²) in [6, 6.07) is 16.3. The Balaban J connectivity index is 2.01. The first-order valence-electron chi connectivity index (χ1n) is 11.9. The van der Waals surface area contributed by atoms with Crippen molar-refractivity contribution in [1.82, 2.24) is 10.2 Å². The van der Waals surface area contributed by atoms with Gasteiger partial charge in [-0.1, -0.05) is 54.4 Å². The fraction of sp³-hybridized carbons (Fsp3) is 0.259. The van der Waals surface area contributed by atoms with Crippen molar-refractivity contribution in [2.75, 3.05) is 17.4 Å². The van der Waals surface area contributed by atoms with Crippen molar-refractivity contribution in [2.45, 2.75) is 37.8 Å². The van der Waals surface area contributed by atoms with Gasteiger partial charge < -0.3 is 10.2 Å². The van der Waals surface area contributed by atoms with E-state index in [2.05, 4.69) is 5.32 Å². The summed E-state index contributed by atoms with van der Waals surface area (Å²) < 4.78 is 41.7. The molecule has 0 aromatic heterocycles. The third-order valence-corrected chi connectivity index (χ3v) is 8.17. The normalized spacial score (nSPS) is 12.0. The standard InChI is InChI=1S/C27H28Cl2FN3O4S/c1-3-15-31-27(35)19(2)32(17-20-9-10-21(28)16-25(20)29)26(34)18-33(23-7-5-4-6-8-23)38(36,37)24-13-11-22(30)12-14-24/h4-14,16,19H,3,15,17-18H2,1-2H3,(H,31,35)/t19-/m1/s1.